The minimum atomic E-state index is -0.148. The summed E-state index contributed by atoms with van der Waals surface area (Å²) in [7, 11) is 0. The number of benzene rings is 2. The summed E-state index contributed by atoms with van der Waals surface area (Å²) in [4.78, 5) is 38.6. The van der Waals surface area contributed by atoms with Crippen LogP contribution in [-0.2, 0) is 16.0 Å². The molecule has 152 valence electrons. The molecule has 0 aliphatic carbocycles. The summed E-state index contributed by atoms with van der Waals surface area (Å²) in [6.07, 6.45) is 1.74. The molecule has 29 heavy (non-hydrogen) atoms. The van der Waals surface area contributed by atoms with Crippen LogP contribution in [0.5, 0.6) is 0 Å². The molecule has 0 unspecified atom stereocenters. The van der Waals surface area contributed by atoms with Gasteiger partial charge in [0.1, 0.15) is 0 Å². The number of rotatable bonds is 7. The second kappa shape index (κ2) is 10.4. The monoisotopic (exact) mass is 393 g/mol. The van der Waals surface area contributed by atoms with Gasteiger partial charge in [-0.05, 0) is 30.5 Å². The molecule has 1 aliphatic rings. The number of hydrogen-bond donors (Lipinski definition) is 2. The highest BCUT2D eigenvalue weighted by atomic mass is 16.2. The molecule has 3 amide bonds. The van der Waals surface area contributed by atoms with Crippen LogP contribution in [0.25, 0.3) is 0 Å². The van der Waals surface area contributed by atoms with Crippen LogP contribution >= 0.6 is 0 Å². The third-order valence-corrected chi connectivity index (χ3v) is 5.16. The van der Waals surface area contributed by atoms with Crippen LogP contribution in [0.4, 0.5) is 0 Å². The van der Waals surface area contributed by atoms with E-state index in [1.807, 2.05) is 53.4 Å². The van der Waals surface area contributed by atoms with Crippen molar-refractivity contribution in [3.8, 4) is 0 Å². The number of hydrogen-bond acceptors (Lipinski definition) is 3. The van der Waals surface area contributed by atoms with Crippen LogP contribution in [0.3, 0.4) is 0 Å². The summed E-state index contributed by atoms with van der Waals surface area (Å²) in [6, 6.07) is 18.7. The topological polar surface area (TPSA) is 78.5 Å². The van der Waals surface area contributed by atoms with Crippen molar-refractivity contribution < 1.29 is 14.4 Å². The zero-order valence-electron chi connectivity index (χ0n) is 16.5. The summed E-state index contributed by atoms with van der Waals surface area (Å²) in [6.45, 7) is 1.99. The maximum absolute atomic E-state index is 12.4. The van der Waals surface area contributed by atoms with Crippen LogP contribution in [-0.4, -0.2) is 48.8 Å². The van der Waals surface area contributed by atoms with E-state index in [1.54, 1.807) is 12.1 Å². The van der Waals surface area contributed by atoms with E-state index >= 15 is 0 Å². The Morgan fingerprint density at radius 1 is 0.828 bits per heavy atom. The average Bonchev–Trinajstić information content (AvgIpc) is 2.77. The van der Waals surface area contributed by atoms with Gasteiger partial charge in [-0.3, -0.25) is 14.4 Å². The first-order valence-corrected chi connectivity index (χ1v) is 10.1. The molecule has 2 aromatic carbocycles. The van der Waals surface area contributed by atoms with Gasteiger partial charge in [0, 0.05) is 37.7 Å². The fourth-order valence-corrected chi connectivity index (χ4v) is 3.47. The molecule has 0 spiro atoms. The first-order chi connectivity index (χ1) is 14.1. The quantitative estimate of drug-likeness (QED) is 0.707. The van der Waals surface area contributed by atoms with E-state index in [0.29, 0.717) is 51.0 Å². The van der Waals surface area contributed by atoms with E-state index in [0.717, 1.165) is 5.56 Å². The lowest BCUT2D eigenvalue weighted by atomic mass is 9.95. The minimum Gasteiger partial charge on any atom is -0.354 e. The van der Waals surface area contributed by atoms with Gasteiger partial charge in [0.25, 0.3) is 5.91 Å². The van der Waals surface area contributed by atoms with Gasteiger partial charge in [-0.2, -0.15) is 0 Å². The minimum absolute atomic E-state index is 0.00545. The van der Waals surface area contributed by atoms with Gasteiger partial charge in [-0.15, -0.1) is 0 Å². The highest BCUT2D eigenvalue weighted by Crippen LogP contribution is 2.18. The third-order valence-electron chi connectivity index (χ3n) is 5.16. The Labute approximate surface area is 171 Å². The highest BCUT2D eigenvalue weighted by molar-refractivity contribution is 5.94. The molecular formula is C23H27N3O3. The zero-order valence-corrected chi connectivity index (χ0v) is 16.5. The van der Waals surface area contributed by atoms with Crippen molar-refractivity contribution in [2.75, 3.05) is 26.2 Å². The first kappa shape index (κ1) is 20.6. The number of piperidine rings is 1. The highest BCUT2D eigenvalue weighted by Gasteiger charge is 2.27. The number of likely N-dealkylation sites (tertiary alicyclic amines) is 1. The van der Waals surface area contributed by atoms with Crippen molar-refractivity contribution in [3.05, 3.63) is 71.8 Å². The summed E-state index contributed by atoms with van der Waals surface area (Å²) < 4.78 is 0. The number of amides is 3. The van der Waals surface area contributed by atoms with E-state index in [2.05, 4.69) is 10.6 Å². The molecule has 1 heterocycles. The molecule has 0 aromatic heterocycles. The van der Waals surface area contributed by atoms with Gasteiger partial charge >= 0.3 is 0 Å². The smallest absolute Gasteiger partial charge is 0.251 e. The maximum Gasteiger partial charge on any atom is 0.251 e. The lowest BCUT2D eigenvalue weighted by molar-refractivity contribution is -0.135. The largest absolute Gasteiger partial charge is 0.354 e. The van der Waals surface area contributed by atoms with Gasteiger partial charge in [-0.25, -0.2) is 0 Å². The van der Waals surface area contributed by atoms with Crippen LogP contribution in [0.15, 0.2) is 60.7 Å². The van der Waals surface area contributed by atoms with Gasteiger partial charge in [0.15, 0.2) is 0 Å². The Bertz CT molecular complexity index is 816. The number of nitrogens with one attached hydrogen (secondary N) is 2. The van der Waals surface area contributed by atoms with Gasteiger partial charge < -0.3 is 15.5 Å². The fraction of sp³-hybridized carbons (Fsp3) is 0.348. The Balaban J connectivity index is 1.33. The lowest BCUT2D eigenvalue weighted by Crippen LogP contribution is -2.44. The standard InChI is InChI=1S/C23H27N3O3/c27-21(17-18-7-3-1-4-8-18)26-15-11-20(12-16-26)23(29)25-14-13-24-22(28)19-9-5-2-6-10-19/h1-10,20H,11-17H2,(H,24,28)(H,25,29). The van der Waals surface area contributed by atoms with Crippen LogP contribution in [0, 0.1) is 5.92 Å². The molecule has 1 fully saturated rings. The molecule has 6 heteroatoms. The second-order valence-corrected chi connectivity index (χ2v) is 7.23. The predicted octanol–water partition coefficient (Wildman–Crippen LogP) is 2.01. The molecule has 0 bridgehead atoms. The molecule has 6 nitrogen and oxygen atoms in total. The molecule has 1 saturated heterocycles. The molecule has 1 aliphatic heterocycles. The van der Waals surface area contributed by atoms with Crippen molar-refractivity contribution in [3.63, 3.8) is 0 Å². The van der Waals surface area contributed by atoms with E-state index < -0.39 is 0 Å². The predicted molar refractivity (Wildman–Crippen MR) is 111 cm³/mol. The van der Waals surface area contributed by atoms with Crippen molar-refractivity contribution in [2.45, 2.75) is 19.3 Å². The van der Waals surface area contributed by atoms with E-state index in [-0.39, 0.29) is 23.6 Å². The maximum atomic E-state index is 12.4. The molecular weight excluding hydrogens is 366 g/mol. The molecule has 0 saturated carbocycles. The number of carbonyl (C=O) groups is 3. The Morgan fingerprint density at radius 3 is 2.07 bits per heavy atom. The first-order valence-electron chi connectivity index (χ1n) is 10.1. The lowest BCUT2D eigenvalue weighted by Gasteiger charge is -2.31. The summed E-state index contributed by atoms with van der Waals surface area (Å²) in [5.74, 6) is -0.126. The normalized spacial score (nSPS) is 14.3. The van der Waals surface area contributed by atoms with Crippen LogP contribution in [0.2, 0.25) is 0 Å². The Hall–Kier alpha value is -3.15. The molecule has 3 rings (SSSR count). The molecule has 2 aromatic rings. The summed E-state index contributed by atoms with van der Waals surface area (Å²) in [5.41, 5.74) is 1.61. The van der Waals surface area contributed by atoms with Crippen molar-refractivity contribution in [2.24, 2.45) is 5.92 Å². The number of nitrogens with zero attached hydrogens (tertiary/aromatic N) is 1. The van der Waals surface area contributed by atoms with Gasteiger partial charge in [-0.1, -0.05) is 48.5 Å². The second-order valence-electron chi connectivity index (χ2n) is 7.23. The summed E-state index contributed by atoms with van der Waals surface area (Å²) in [5, 5.41) is 5.68. The van der Waals surface area contributed by atoms with Crippen LogP contribution in [0.1, 0.15) is 28.8 Å². The zero-order chi connectivity index (χ0) is 20.5. The summed E-state index contributed by atoms with van der Waals surface area (Å²) >= 11 is 0. The molecule has 0 radical (unpaired) electrons. The molecule has 0 atom stereocenters. The average molecular weight is 393 g/mol. The van der Waals surface area contributed by atoms with Crippen molar-refractivity contribution in [1.29, 1.82) is 0 Å². The SMILES string of the molecule is O=C(NCCNC(=O)C1CCN(C(=O)Cc2ccccc2)CC1)c1ccccc1. The van der Waals surface area contributed by atoms with Crippen molar-refractivity contribution >= 4 is 17.7 Å². The Morgan fingerprint density at radius 2 is 1.41 bits per heavy atom. The van der Waals surface area contributed by atoms with Crippen molar-refractivity contribution in [1.82, 2.24) is 15.5 Å². The van der Waals surface area contributed by atoms with E-state index in [1.165, 1.54) is 0 Å². The van der Waals surface area contributed by atoms with Crippen LogP contribution < -0.4 is 10.6 Å². The Kier molecular flexibility index (Phi) is 7.39. The van der Waals surface area contributed by atoms with E-state index in [4.69, 9.17) is 0 Å². The fourth-order valence-electron chi connectivity index (χ4n) is 3.47. The van der Waals surface area contributed by atoms with E-state index in [9.17, 15) is 14.4 Å². The third kappa shape index (κ3) is 6.17. The van der Waals surface area contributed by atoms with Gasteiger partial charge in [0.2, 0.25) is 11.8 Å². The molecule has 2 N–H and O–H groups in total. The number of carbonyl (C=O) groups excluding carboxylic acids is 3. The van der Waals surface area contributed by atoms with Gasteiger partial charge in [0.05, 0.1) is 6.42 Å².